The predicted molar refractivity (Wildman–Crippen MR) is 91.5 cm³/mol. The van der Waals surface area contributed by atoms with E-state index in [1.54, 1.807) is 6.08 Å². The van der Waals surface area contributed by atoms with Crippen LogP contribution in [-0.4, -0.2) is 40.4 Å². The number of rotatable bonds is 7. The average Bonchev–Trinajstić information content (AvgIpc) is 3.28. The van der Waals surface area contributed by atoms with Gasteiger partial charge in [-0.2, -0.15) is 8.78 Å². The number of carboxylic acids is 1. The van der Waals surface area contributed by atoms with E-state index < -0.39 is 47.8 Å². The standard InChI is InChI=1S/C20H28F2O5.Na/c21-20(22)17(7-3-4-8-18(25)26)27-16-11-15(24)13(19(16)20)9-10-14(23)12-5-1-2-6-12;/h7,9-10,12-16,19,23-24H,1-6,8,11H2,(H,25,26);/q;+1/p-1/t13-,14-,15+,16-,19+;/m0./s1. The Morgan fingerprint density at radius 3 is 2.68 bits per heavy atom. The first-order chi connectivity index (χ1) is 12.8. The van der Waals surface area contributed by atoms with Crippen LogP contribution in [0.2, 0.25) is 0 Å². The molecule has 0 radical (unpaired) electrons. The number of allylic oxidation sites excluding steroid dienone is 2. The molecular weight excluding hydrogens is 381 g/mol. The van der Waals surface area contributed by atoms with Crippen LogP contribution < -0.4 is 34.7 Å². The molecule has 0 bridgehead atoms. The second-order valence-electron chi connectivity index (χ2n) is 7.94. The van der Waals surface area contributed by atoms with Gasteiger partial charge in [0.05, 0.1) is 18.1 Å². The number of alkyl halides is 2. The van der Waals surface area contributed by atoms with E-state index in [0.29, 0.717) is 0 Å². The third-order valence-electron chi connectivity index (χ3n) is 6.09. The van der Waals surface area contributed by atoms with E-state index in [1.807, 2.05) is 0 Å². The molecule has 0 amide bonds. The van der Waals surface area contributed by atoms with Crippen molar-refractivity contribution in [2.75, 3.05) is 0 Å². The maximum atomic E-state index is 14.9. The molecule has 1 heterocycles. The van der Waals surface area contributed by atoms with E-state index in [1.165, 1.54) is 12.2 Å². The topological polar surface area (TPSA) is 89.8 Å². The van der Waals surface area contributed by atoms with Gasteiger partial charge < -0.3 is 24.9 Å². The van der Waals surface area contributed by atoms with Crippen molar-refractivity contribution in [1.29, 1.82) is 0 Å². The quantitative estimate of drug-likeness (QED) is 0.318. The fourth-order valence-corrected chi connectivity index (χ4v) is 4.64. The second kappa shape index (κ2) is 10.0. The van der Waals surface area contributed by atoms with Crippen LogP contribution in [0.15, 0.2) is 24.0 Å². The van der Waals surface area contributed by atoms with Gasteiger partial charge in [-0.3, -0.25) is 0 Å². The molecule has 3 aliphatic rings. The minimum absolute atomic E-state index is 0. The third-order valence-corrected chi connectivity index (χ3v) is 6.09. The van der Waals surface area contributed by atoms with Crippen molar-refractivity contribution in [3.63, 3.8) is 0 Å². The summed E-state index contributed by atoms with van der Waals surface area (Å²) in [6.45, 7) is 0. The van der Waals surface area contributed by atoms with Crippen molar-refractivity contribution >= 4 is 5.97 Å². The first-order valence-electron chi connectivity index (χ1n) is 9.80. The molecule has 0 aromatic carbocycles. The largest absolute Gasteiger partial charge is 1.00 e. The molecule has 3 rings (SSSR count). The second-order valence-corrected chi connectivity index (χ2v) is 7.94. The van der Waals surface area contributed by atoms with E-state index in [4.69, 9.17) is 4.74 Å². The molecule has 2 aliphatic carbocycles. The van der Waals surface area contributed by atoms with Crippen LogP contribution in [0.5, 0.6) is 0 Å². The summed E-state index contributed by atoms with van der Waals surface area (Å²) in [5.74, 6) is -6.66. The maximum Gasteiger partial charge on any atom is 1.00 e. The van der Waals surface area contributed by atoms with Crippen molar-refractivity contribution < 1.29 is 63.2 Å². The molecule has 3 fully saturated rings. The molecule has 152 valence electrons. The van der Waals surface area contributed by atoms with Gasteiger partial charge in [-0.25, -0.2) is 0 Å². The Morgan fingerprint density at radius 1 is 1.36 bits per heavy atom. The molecule has 1 aliphatic heterocycles. The number of carbonyl (C=O) groups excluding carboxylic acids is 1. The number of carbonyl (C=O) groups is 1. The molecule has 0 unspecified atom stereocenters. The van der Waals surface area contributed by atoms with Crippen LogP contribution in [0.4, 0.5) is 8.78 Å². The molecular formula is C20H27F2NaO5. The van der Waals surface area contributed by atoms with Gasteiger partial charge in [0.1, 0.15) is 6.10 Å². The van der Waals surface area contributed by atoms with Crippen LogP contribution >= 0.6 is 0 Å². The summed E-state index contributed by atoms with van der Waals surface area (Å²) in [5, 5.41) is 30.9. The van der Waals surface area contributed by atoms with E-state index in [-0.39, 0.29) is 61.2 Å². The third kappa shape index (κ3) is 5.17. The number of aliphatic hydroxyl groups excluding tert-OH is 2. The predicted octanol–water partition coefficient (Wildman–Crippen LogP) is -1.07. The van der Waals surface area contributed by atoms with E-state index in [9.17, 15) is 28.9 Å². The van der Waals surface area contributed by atoms with Crippen LogP contribution in [-0.2, 0) is 9.53 Å². The molecule has 2 N–H and O–H groups in total. The van der Waals surface area contributed by atoms with Crippen molar-refractivity contribution in [3.8, 4) is 0 Å². The van der Waals surface area contributed by atoms with Crippen LogP contribution in [0.3, 0.4) is 0 Å². The summed E-state index contributed by atoms with van der Waals surface area (Å²) >= 11 is 0. The van der Waals surface area contributed by atoms with Gasteiger partial charge in [-0.15, -0.1) is 0 Å². The van der Waals surface area contributed by atoms with E-state index in [2.05, 4.69) is 0 Å². The number of aliphatic carboxylic acids is 1. The van der Waals surface area contributed by atoms with Gasteiger partial charge in [0.15, 0.2) is 5.76 Å². The number of halogens is 2. The minimum Gasteiger partial charge on any atom is -0.550 e. The normalized spacial score (nSPS) is 34.4. The van der Waals surface area contributed by atoms with Crippen LogP contribution in [0, 0.1) is 17.8 Å². The molecule has 5 atom stereocenters. The number of aliphatic hydroxyl groups is 2. The number of hydrogen-bond acceptors (Lipinski definition) is 5. The molecule has 0 spiro atoms. The van der Waals surface area contributed by atoms with Gasteiger partial charge in [0.25, 0.3) is 0 Å². The van der Waals surface area contributed by atoms with Crippen molar-refractivity contribution in [2.24, 2.45) is 17.8 Å². The van der Waals surface area contributed by atoms with Gasteiger partial charge in [0, 0.05) is 18.3 Å². The van der Waals surface area contributed by atoms with E-state index in [0.717, 1.165) is 25.7 Å². The number of carboxylic acid groups (broad SMARTS) is 1. The SMILES string of the molecule is O=C([O-])CCCC=C1O[C@H]2C[C@@H](O)[C@H](C=C[C@H](O)C3CCCC3)[C@H]2C1(F)F.[Na+]. The fraction of sp³-hybridized carbons (Fsp3) is 0.750. The van der Waals surface area contributed by atoms with Gasteiger partial charge in [0.2, 0.25) is 0 Å². The first-order valence-corrected chi connectivity index (χ1v) is 9.80. The maximum absolute atomic E-state index is 14.9. The molecule has 0 aromatic heterocycles. The average molecular weight is 408 g/mol. The Bertz CT molecular complexity index is 603. The fourth-order valence-electron chi connectivity index (χ4n) is 4.64. The molecule has 0 aromatic rings. The Morgan fingerprint density at radius 2 is 2.04 bits per heavy atom. The number of ether oxygens (including phenoxy) is 1. The zero-order valence-electron chi connectivity index (χ0n) is 16.2. The minimum atomic E-state index is -3.23. The number of unbranched alkanes of at least 4 members (excludes halogenated alkanes) is 1. The zero-order chi connectivity index (χ0) is 19.6. The summed E-state index contributed by atoms with van der Waals surface area (Å²) in [6.07, 6.45) is 6.28. The molecule has 8 heteroatoms. The van der Waals surface area contributed by atoms with Crippen LogP contribution in [0.25, 0.3) is 0 Å². The Kier molecular flexibility index (Phi) is 8.52. The number of hydrogen-bond donors (Lipinski definition) is 2. The van der Waals surface area contributed by atoms with Gasteiger partial charge in [-0.1, -0.05) is 25.0 Å². The summed E-state index contributed by atoms with van der Waals surface area (Å²) in [7, 11) is 0. The Hall–Kier alpha value is -0.470. The van der Waals surface area contributed by atoms with E-state index >= 15 is 0 Å². The molecule has 28 heavy (non-hydrogen) atoms. The monoisotopic (exact) mass is 408 g/mol. The van der Waals surface area contributed by atoms with Gasteiger partial charge >= 0.3 is 35.5 Å². The summed E-state index contributed by atoms with van der Waals surface area (Å²) in [6, 6.07) is 0. The molecule has 2 saturated carbocycles. The Balaban J connectivity index is 0.00000280. The van der Waals surface area contributed by atoms with Crippen molar-refractivity contribution in [3.05, 3.63) is 24.0 Å². The molecule has 1 saturated heterocycles. The summed E-state index contributed by atoms with van der Waals surface area (Å²) < 4.78 is 35.1. The van der Waals surface area contributed by atoms with Gasteiger partial charge in [-0.05, 0) is 44.1 Å². The number of fused-ring (bicyclic) bond motifs is 1. The zero-order valence-corrected chi connectivity index (χ0v) is 18.2. The first kappa shape index (κ1) is 23.8. The van der Waals surface area contributed by atoms with Crippen molar-refractivity contribution in [2.45, 2.75) is 75.6 Å². The summed E-state index contributed by atoms with van der Waals surface area (Å²) in [4.78, 5) is 10.4. The summed E-state index contributed by atoms with van der Waals surface area (Å²) in [5.41, 5.74) is 0. The van der Waals surface area contributed by atoms with Crippen LogP contribution in [0.1, 0.15) is 51.4 Å². The Labute approximate surface area is 186 Å². The van der Waals surface area contributed by atoms with Crippen molar-refractivity contribution in [1.82, 2.24) is 0 Å². The molecule has 5 nitrogen and oxygen atoms in total. The smallest absolute Gasteiger partial charge is 0.550 e.